The highest BCUT2D eigenvalue weighted by molar-refractivity contribution is 8.00. The fourth-order valence-electron chi connectivity index (χ4n) is 3.38. The number of carbonyl (C=O) groups excluding carboxylic acids is 1. The van der Waals surface area contributed by atoms with Gasteiger partial charge in [-0.2, -0.15) is 0 Å². The second kappa shape index (κ2) is 8.97. The molecule has 6 nitrogen and oxygen atoms in total. The first kappa shape index (κ1) is 20.6. The molecular weight excluding hydrogens is 405 g/mol. The van der Waals surface area contributed by atoms with Crippen LogP contribution in [-0.2, 0) is 16.1 Å². The Bertz CT molecular complexity index is 1110. The maximum Gasteiger partial charge on any atom is 0.262 e. The second-order valence-electron chi connectivity index (χ2n) is 7.22. The summed E-state index contributed by atoms with van der Waals surface area (Å²) in [5.41, 5.74) is 0.974. The molecule has 2 atom stereocenters. The number of carbonyl (C=O) groups is 1. The number of hydrogen-bond donors (Lipinski definition) is 1. The smallest absolute Gasteiger partial charge is 0.262 e. The minimum absolute atomic E-state index is 0.0339. The highest BCUT2D eigenvalue weighted by Gasteiger charge is 2.23. The predicted octanol–water partition coefficient (Wildman–Crippen LogP) is 3.83. The maximum atomic E-state index is 13.1. The van der Waals surface area contributed by atoms with Crippen molar-refractivity contribution in [1.82, 2.24) is 9.55 Å². The van der Waals surface area contributed by atoms with Crippen LogP contribution in [0.5, 0.6) is 0 Å². The van der Waals surface area contributed by atoms with E-state index in [-0.39, 0.29) is 23.4 Å². The fourth-order valence-corrected chi connectivity index (χ4v) is 4.30. The van der Waals surface area contributed by atoms with E-state index in [0.29, 0.717) is 34.9 Å². The van der Waals surface area contributed by atoms with Crippen LogP contribution in [0.15, 0.2) is 58.5 Å². The van der Waals surface area contributed by atoms with E-state index < -0.39 is 5.25 Å². The molecule has 0 bridgehead atoms. The molecule has 0 saturated carbocycles. The van der Waals surface area contributed by atoms with Crippen molar-refractivity contribution in [3.05, 3.63) is 64.7 Å². The number of halogens is 1. The fraction of sp³-hybridized carbons (Fsp3) is 0.318. The topological polar surface area (TPSA) is 73.2 Å². The van der Waals surface area contributed by atoms with Crippen LogP contribution >= 0.6 is 11.8 Å². The Labute approximate surface area is 177 Å². The number of ether oxygens (including phenoxy) is 1. The number of fused-ring (bicyclic) bond motifs is 1. The first-order valence-corrected chi connectivity index (χ1v) is 10.7. The molecule has 4 rings (SSSR count). The first-order valence-electron chi connectivity index (χ1n) is 9.85. The molecular formula is C22H22FN3O3S. The van der Waals surface area contributed by atoms with Crippen LogP contribution < -0.4 is 10.9 Å². The van der Waals surface area contributed by atoms with Crippen molar-refractivity contribution in [2.45, 2.75) is 42.8 Å². The summed E-state index contributed by atoms with van der Waals surface area (Å²) in [6.07, 6.45) is 1.83. The number of anilines is 1. The number of thioether (sulfide) groups is 1. The molecule has 0 unspecified atom stereocenters. The molecule has 0 aliphatic carbocycles. The molecule has 8 heteroatoms. The lowest BCUT2D eigenvalue weighted by atomic mass is 10.2. The van der Waals surface area contributed by atoms with Gasteiger partial charge in [0.1, 0.15) is 5.82 Å². The molecule has 1 aromatic heterocycles. The molecule has 0 spiro atoms. The summed E-state index contributed by atoms with van der Waals surface area (Å²) in [6, 6.07) is 12.8. The predicted molar refractivity (Wildman–Crippen MR) is 115 cm³/mol. The number of nitrogens with one attached hydrogen (secondary N) is 1. The molecule has 1 amide bonds. The van der Waals surface area contributed by atoms with Crippen molar-refractivity contribution in [2.75, 3.05) is 11.9 Å². The van der Waals surface area contributed by atoms with Crippen molar-refractivity contribution in [3.63, 3.8) is 0 Å². The molecule has 1 fully saturated rings. The van der Waals surface area contributed by atoms with Crippen LogP contribution in [0.25, 0.3) is 10.9 Å². The van der Waals surface area contributed by atoms with Crippen LogP contribution in [-0.4, -0.2) is 33.4 Å². The molecule has 1 aliphatic rings. The number of amides is 1. The standard InChI is InChI=1S/C22H22FN3O3S/c1-14(20(27)24-16-10-8-15(23)9-11-16)30-22-25-19-7-3-2-6-18(19)21(28)26(22)13-17-5-4-12-29-17/h2-3,6-11,14,17H,4-5,12-13H2,1H3,(H,24,27)/t14-,17+/m0/s1. The minimum Gasteiger partial charge on any atom is -0.376 e. The van der Waals surface area contributed by atoms with Gasteiger partial charge in [-0.1, -0.05) is 23.9 Å². The zero-order chi connectivity index (χ0) is 21.1. The van der Waals surface area contributed by atoms with E-state index in [1.54, 1.807) is 23.6 Å². The summed E-state index contributed by atoms with van der Waals surface area (Å²) in [5.74, 6) is -0.619. The molecule has 2 aromatic carbocycles. The van der Waals surface area contributed by atoms with Gasteiger partial charge in [0.2, 0.25) is 5.91 Å². The number of hydrogen-bond acceptors (Lipinski definition) is 5. The monoisotopic (exact) mass is 427 g/mol. The number of para-hydroxylation sites is 1. The van der Waals surface area contributed by atoms with Gasteiger partial charge in [0, 0.05) is 12.3 Å². The maximum absolute atomic E-state index is 13.1. The van der Waals surface area contributed by atoms with Crippen LogP contribution in [0.2, 0.25) is 0 Å². The van der Waals surface area contributed by atoms with E-state index in [2.05, 4.69) is 10.3 Å². The van der Waals surface area contributed by atoms with Crippen molar-refractivity contribution < 1.29 is 13.9 Å². The van der Waals surface area contributed by atoms with Crippen LogP contribution in [0.4, 0.5) is 10.1 Å². The molecule has 3 aromatic rings. The molecule has 2 heterocycles. The van der Waals surface area contributed by atoms with E-state index in [0.717, 1.165) is 12.8 Å². The lowest BCUT2D eigenvalue weighted by Gasteiger charge is -2.18. The van der Waals surface area contributed by atoms with Crippen molar-refractivity contribution in [3.8, 4) is 0 Å². The lowest BCUT2D eigenvalue weighted by molar-refractivity contribution is -0.115. The number of benzene rings is 2. The normalized spacial score (nSPS) is 17.2. The van der Waals surface area contributed by atoms with Gasteiger partial charge in [0.25, 0.3) is 5.56 Å². The molecule has 156 valence electrons. The first-order chi connectivity index (χ1) is 14.5. The van der Waals surface area contributed by atoms with Gasteiger partial charge >= 0.3 is 0 Å². The van der Waals surface area contributed by atoms with E-state index in [1.165, 1.54) is 36.0 Å². The molecule has 0 radical (unpaired) electrons. The summed E-state index contributed by atoms with van der Waals surface area (Å²) in [5, 5.41) is 3.28. The third-order valence-electron chi connectivity index (χ3n) is 5.00. The largest absolute Gasteiger partial charge is 0.376 e. The van der Waals surface area contributed by atoms with Gasteiger partial charge in [0.05, 0.1) is 28.8 Å². The highest BCUT2D eigenvalue weighted by Crippen LogP contribution is 2.25. The van der Waals surface area contributed by atoms with Gasteiger partial charge in [0.15, 0.2) is 5.16 Å². The Kier molecular flexibility index (Phi) is 6.15. The molecule has 1 aliphatic heterocycles. The van der Waals surface area contributed by atoms with Gasteiger partial charge < -0.3 is 10.1 Å². The van der Waals surface area contributed by atoms with Gasteiger partial charge in [-0.3, -0.25) is 14.2 Å². The summed E-state index contributed by atoms with van der Waals surface area (Å²) in [7, 11) is 0. The van der Waals surface area contributed by atoms with Crippen molar-refractivity contribution in [1.29, 1.82) is 0 Å². The Morgan fingerprint density at radius 1 is 1.30 bits per heavy atom. The number of nitrogens with zero attached hydrogens (tertiary/aromatic N) is 2. The van der Waals surface area contributed by atoms with Gasteiger partial charge in [-0.25, -0.2) is 9.37 Å². The van der Waals surface area contributed by atoms with Gasteiger partial charge in [-0.05, 0) is 56.2 Å². The zero-order valence-corrected chi connectivity index (χ0v) is 17.3. The average Bonchev–Trinajstić information content (AvgIpc) is 3.26. The van der Waals surface area contributed by atoms with Crippen molar-refractivity contribution >= 4 is 34.3 Å². The quantitative estimate of drug-likeness (QED) is 0.478. The third kappa shape index (κ3) is 4.55. The SMILES string of the molecule is C[C@H](Sc1nc2ccccc2c(=O)n1C[C@H]1CCCO1)C(=O)Nc1ccc(F)cc1. The van der Waals surface area contributed by atoms with E-state index >= 15 is 0 Å². The highest BCUT2D eigenvalue weighted by atomic mass is 32.2. The lowest BCUT2D eigenvalue weighted by Crippen LogP contribution is -2.30. The van der Waals surface area contributed by atoms with Crippen LogP contribution in [0, 0.1) is 5.82 Å². The third-order valence-corrected chi connectivity index (χ3v) is 6.09. The Morgan fingerprint density at radius 3 is 2.80 bits per heavy atom. The van der Waals surface area contributed by atoms with Crippen LogP contribution in [0.3, 0.4) is 0 Å². The van der Waals surface area contributed by atoms with Crippen molar-refractivity contribution in [2.24, 2.45) is 0 Å². The summed E-state index contributed by atoms with van der Waals surface area (Å²) >= 11 is 1.22. The zero-order valence-electron chi connectivity index (χ0n) is 16.5. The molecule has 1 N–H and O–H groups in total. The summed E-state index contributed by atoms with van der Waals surface area (Å²) < 4.78 is 20.4. The Morgan fingerprint density at radius 2 is 2.07 bits per heavy atom. The van der Waals surface area contributed by atoms with E-state index in [4.69, 9.17) is 4.74 Å². The Balaban J connectivity index is 1.60. The van der Waals surface area contributed by atoms with Gasteiger partial charge in [-0.15, -0.1) is 0 Å². The summed E-state index contributed by atoms with van der Waals surface area (Å²) in [4.78, 5) is 30.4. The number of aromatic nitrogens is 2. The van der Waals surface area contributed by atoms with E-state index in [1.807, 2.05) is 12.1 Å². The van der Waals surface area contributed by atoms with E-state index in [9.17, 15) is 14.0 Å². The average molecular weight is 428 g/mol. The Hall–Kier alpha value is -2.71. The van der Waals surface area contributed by atoms with Crippen LogP contribution in [0.1, 0.15) is 19.8 Å². The minimum atomic E-state index is -0.515. The summed E-state index contributed by atoms with van der Waals surface area (Å²) in [6.45, 7) is 2.85. The second-order valence-corrected chi connectivity index (χ2v) is 8.53. The number of rotatable bonds is 6. The molecule has 30 heavy (non-hydrogen) atoms. The molecule has 1 saturated heterocycles.